The van der Waals surface area contributed by atoms with Crippen molar-refractivity contribution in [2.45, 2.75) is 26.2 Å². The molecule has 3 heteroatoms. The maximum Gasteiger partial charge on any atom is 0.122 e. The van der Waals surface area contributed by atoms with Crippen LogP contribution in [0.5, 0.6) is 11.5 Å². The Morgan fingerprint density at radius 3 is 2.61 bits per heavy atom. The standard InChI is InChI=1S/C15H23NO2/c1-11-8-15(18-3)13(9-14(11)17-2)5-4-12-6-7-16-10-12/h8-9,12,16H,4-7,10H2,1-3H3. The van der Waals surface area contributed by atoms with E-state index in [1.54, 1.807) is 14.2 Å². The third-order valence-corrected chi connectivity index (χ3v) is 3.78. The summed E-state index contributed by atoms with van der Waals surface area (Å²) in [6, 6.07) is 4.19. The topological polar surface area (TPSA) is 30.5 Å². The van der Waals surface area contributed by atoms with Gasteiger partial charge < -0.3 is 14.8 Å². The van der Waals surface area contributed by atoms with E-state index in [0.29, 0.717) is 0 Å². The molecule has 100 valence electrons. The lowest BCUT2D eigenvalue weighted by Crippen LogP contribution is -2.09. The molecule has 1 aliphatic rings. The summed E-state index contributed by atoms with van der Waals surface area (Å²) in [7, 11) is 3.46. The number of ether oxygens (including phenoxy) is 2. The fraction of sp³-hybridized carbons (Fsp3) is 0.600. The molecule has 0 spiro atoms. The molecule has 18 heavy (non-hydrogen) atoms. The quantitative estimate of drug-likeness (QED) is 0.870. The largest absolute Gasteiger partial charge is 0.496 e. The summed E-state index contributed by atoms with van der Waals surface area (Å²) >= 11 is 0. The first-order valence-corrected chi connectivity index (χ1v) is 6.66. The molecule has 2 rings (SSSR count). The highest BCUT2D eigenvalue weighted by molar-refractivity contribution is 5.46. The van der Waals surface area contributed by atoms with Crippen molar-refractivity contribution in [3.05, 3.63) is 23.3 Å². The van der Waals surface area contributed by atoms with Gasteiger partial charge in [0.1, 0.15) is 11.5 Å². The number of methoxy groups -OCH3 is 2. The zero-order valence-electron chi connectivity index (χ0n) is 11.6. The van der Waals surface area contributed by atoms with Crippen LogP contribution in [0, 0.1) is 12.8 Å². The zero-order chi connectivity index (χ0) is 13.0. The van der Waals surface area contributed by atoms with Crippen LogP contribution in [0.25, 0.3) is 0 Å². The van der Waals surface area contributed by atoms with Gasteiger partial charge in [0.2, 0.25) is 0 Å². The lowest BCUT2D eigenvalue weighted by atomic mass is 9.97. The van der Waals surface area contributed by atoms with Crippen LogP contribution >= 0.6 is 0 Å². The van der Waals surface area contributed by atoms with Gasteiger partial charge in [0, 0.05) is 0 Å². The summed E-state index contributed by atoms with van der Waals surface area (Å²) in [5.41, 5.74) is 2.38. The molecule has 1 fully saturated rings. The fourth-order valence-electron chi connectivity index (χ4n) is 2.63. The molecule has 1 heterocycles. The van der Waals surface area contributed by atoms with Crippen molar-refractivity contribution in [3.8, 4) is 11.5 Å². The molecule has 0 aromatic heterocycles. The number of rotatable bonds is 5. The molecule has 1 aromatic carbocycles. The van der Waals surface area contributed by atoms with E-state index in [4.69, 9.17) is 9.47 Å². The van der Waals surface area contributed by atoms with Crippen molar-refractivity contribution in [2.24, 2.45) is 5.92 Å². The molecule has 0 saturated carbocycles. The summed E-state index contributed by atoms with van der Waals surface area (Å²) < 4.78 is 10.9. The van der Waals surface area contributed by atoms with Crippen molar-refractivity contribution in [1.82, 2.24) is 5.32 Å². The Labute approximate surface area is 109 Å². The molecule has 1 aromatic rings. The van der Waals surface area contributed by atoms with Crippen LogP contribution in [0.15, 0.2) is 12.1 Å². The van der Waals surface area contributed by atoms with Crippen LogP contribution < -0.4 is 14.8 Å². The molecule has 0 radical (unpaired) electrons. The van der Waals surface area contributed by atoms with Gasteiger partial charge in [-0.1, -0.05) is 0 Å². The summed E-state index contributed by atoms with van der Waals surface area (Å²) in [5, 5.41) is 3.41. The number of benzene rings is 1. The van der Waals surface area contributed by atoms with Gasteiger partial charge >= 0.3 is 0 Å². The Kier molecular flexibility index (Phi) is 4.48. The van der Waals surface area contributed by atoms with Gasteiger partial charge in [-0.15, -0.1) is 0 Å². The van der Waals surface area contributed by atoms with Gasteiger partial charge in [0.05, 0.1) is 14.2 Å². The van der Waals surface area contributed by atoms with Gasteiger partial charge in [0.25, 0.3) is 0 Å². The first-order valence-electron chi connectivity index (χ1n) is 6.66. The second kappa shape index (κ2) is 6.10. The molecule has 1 atom stereocenters. The zero-order valence-corrected chi connectivity index (χ0v) is 11.6. The normalized spacial score (nSPS) is 18.9. The Morgan fingerprint density at radius 2 is 2.00 bits per heavy atom. The maximum absolute atomic E-state index is 5.47. The second-order valence-corrected chi connectivity index (χ2v) is 5.03. The van der Waals surface area contributed by atoms with Gasteiger partial charge in [0.15, 0.2) is 0 Å². The number of hydrogen-bond donors (Lipinski definition) is 1. The molecule has 1 saturated heterocycles. The van der Waals surface area contributed by atoms with E-state index in [9.17, 15) is 0 Å². The molecule has 0 amide bonds. The van der Waals surface area contributed by atoms with E-state index < -0.39 is 0 Å². The SMILES string of the molecule is COc1cc(CCC2CCNC2)c(OC)cc1C. The van der Waals surface area contributed by atoms with Crippen molar-refractivity contribution < 1.29 is 9.47 Å². The van der Waals surface area contributed by atoms with Crippen LogP contribution in [0.1, 0.15) is 24.0 Å². The Bertz CT molecular complexity index is 398. The molecule has 0 bridgehead atoms. The van der Waals surface area contributed by atoms with Crippen molar-refractivity contribution in [1.29, 1.82) is 0 Å². The molecular weight excluding hydrogens is 226 g/mol. The lowest BCUT2D eigenvalue weighted by Gasteiger charge is -2.14. The fourth-order valence-corrected chi connectivity index (χ4v) is 2.63. The number of hydrogen-bond acceptors (Lipinski definition) is 3. The number of aryl methyl sites for hydroxylation is 2. The summed E-state index contributed by atoms with van der Waals surface area (Å²) in [5.74, 6) is 2.75. The minimum absolute atomic E-state index is 0.807. The van der Waals surface area contributed by atoms with E-state index >= 15 is 0 Å². The molecule has 1 aliphatic heterocycles. The maximum atomic E-state index is 5.47. The first kappa shape index (κ1) is 13.2. The molecule has 0 aliphatic carbocycles. The van der Waals surface area contributed by atoms with E-state index in [1.807, 2.05) is 6.92 Å². The van der Waals surface area contributed by atoms with Gasteiger partial charge in [-0.25, -0.2) is 0 Å². The van der Waals surface area contributed by atoms with E-state index in [0.717, 1.165) is 35.9 Å². The third-order valence-electron chi connectivity index (χ3n) is 3.78. The summed E-state index contributed by atoms with van der Waals surface area (Å²) in [6.45, 7) is 4.37. The highest BCUT2D eigenvalue weighted by atomic mass is 16.5. The first-order chi connectivity index (χ1) is 8.74. The van der Waals surface area contributed by atoms with Crippen molar-refractivity contribution in [2.75, 3.05) is 27.3 Å². The smallest absolute Gasteiger partial charge is 0.122 e. The van der Waals surface area contributed by atoms with Gasteiger partial charge in [-0.3, -0.25) is 0 Å². The van der Waals surface area contributed by atoms with Gasteiger partial charge in [-0.05, 0) is 68.5 Å². The van der Waals surface area contributed by atoms with Crippen LogP contribution in [-0.2, 0) is 6.42 Å². The monoisotopic (exact) mass is 249 g/mol. The molecule has 1 N–H and O–H groups in total. The lowest BCUT2D eigenvalue weighted by molar-refractivity contribution is 0.394. The van der Waals surface area contributed by atoms with Crippen LogP contribution in [0.2, 0.25) is 0 Å². The third kappa shape index (κ3) is 2.96. The van der Waals surface area contributed by atoms with Crippen molar-refractivity contribution in [3.63, 3.8) is 0 Å². The number of nitrogens with one attached hydrogen (secondary N) is 1. The Morgan fingerprint density at radius 1 is 1.22 bits per heavy atom. The average molecular weight is 249 g/mol. The van der Waals surface area contributed by atoms with E-state index in [2.05, 4.69) is 17.4 Å². The molecule has 3 nitrogen and oxygen atoms in total. The van der Waals surface area contributed by atoms with E-state index in [-0.39, 0.29) is 0 Å². The minimum Gasteiger partial charge on any atom is -0.496 e. The van der Waals surface area contributed by atoms with E-state index in [1.165, 1.54) is 24.9 Å². The van der Waals surface area contributed by atoms with Gasteiger partial charge in [-0.2, -0.15) is 0 Å². The minimum atomic E-state index is 0.807. The highest BCUT2D eigenvalue weighted by Gasteiger charge is 2.16. The predicted molar refractivity (Wildman–Crippen MR) is 73.6 cm³/mol. The summed E-state index contributed by atoms with van der Waals surface area (Å²) in [4.78, 5) is 0. The Balaban J connectivity index is 2.09. The second-order valence-electron chi connectivity index (χ2n) is 5.03. The van der Waals surface area contributed by atoms with Crippen LogP contribution in [0.3, 0.4) is 0 Å². The van der Waals surface area contributed by atoms with Crippen LogP contribution in [-0.4, -0.2) is 27.3 Å². The van der Waals surface area contributed by atoms with Crippen LogP contribution in [0.4, 0.5) is 0 Å². The Hall–Kier alpha value is -1.22. The predicted octanol–water partition coefficient (Wildman–Crippen LogP) is 2.55. The summed E-state index contributed by atoms with van der Waals surface area (Å²) in [6.07, 6.45) is 3.58. The molecular formula is C15H23NO2. The average Bonchev–Trinajstić information content (AvgIpc) is 2.90. The highest BCUT2D eigenvalue weighted by Crippen LogP contribution is 2.30. The molecule has 1 unspecified atom stereocenters. The van der Waals surface area contributed by atoms with Crippen molar-refractivity contribution >= 4 is 0 Å².